The number of imide groups is 1. The number of amides is 4. The van der Waals surface area contributed by atoms with Gasteiger partial charge in [0.1, 0.15) is 12.1 Å². The van der Waals surface area contributed by atoms with E-state index in [0.29, 0.717) is 12.1 Å². The van der Waals surface area contributed by atoms with Crippen molar-refractivity contribution in [1.82, 2.24) is 4.90 Å². The number of urea groups is 1. The molecular formula is C26H33N3O3. The second-order valence-electron chi connectivity index (χ2n) is 8.58. The maximum atomic E-state index is 13.4. The Morgan fingerprint density at radius 3 is 2.09 bits per heavy atom. The van der Waals surface area contributed by atoms with E-state index in [4.69, 9.17) is 0 Å². The molecule has 0 aromatic heterocycles. The summed E-state index contributed by atoms with van der Waals surface area (Å²) >= 11 is 0. The minimum Gasteiger partial charge on any atom is -0.324 e. The molecule has 6 heteroatoms. The molecule has 1 heterocycles. The second kappa shape index (κ2) is 9.55. The van der Waals surface area contributed by atoms with E-state index in [9.17, 15) is 14.4 Å². The first-order valence-electron chi connectivity index (χ1n) is 11.4. The number of anilines is 2. The lowest BCUT2D eigenvalue weighted by Crippen LogP contribution is -2.47. The Balaban J connectivity index is 1.88. The van der Waals surface area contributed by atoms with Crippen LogP contribution in [0.4, 0.5) is 16.2 Å². The van der Waals surface area contributed by atoms with Gasteiger partial charge in [-0.05, 0) is 56.4 Å². The fourth-order valence-corrected chi connectivity index (χ4v) is 4.46. The van der Waals surface area contributed by atoms with E-state index in [1.807, 2.05) is 70.2 Å². The summed E-state index contributed by atoms with van der Waals surface area (Å²) < 4.78 is 0. The van der Waals surface area contributed by atoms with Crippen molar-refractivity contribution < 1.29 is 14.4 Å². The number of aryl methyl sites for hydroxylation is 3. The van der Waals surface area contributed by atoms with E-state index in [1.54, 1.807) is 11.8 Å². The Morgan fingerprint density at radius 2 is 1.56 bits per heavy atom. The number of para-hydroxylation sites is 1. The normalized spacial score (nSPS) is 18.4. The SMILES string of the molecule is CCCC1(C)C(=O)N(CC(=O)Nc2c(CC)cccc2CC)C(=O)N1c1ccc(C)cc1. The summed E-state index contributed by atoms with van der Waals surface area (Å²) in [5.41, 5.74) is 3.58. The van der Waals surface area contributed by atoms with Gasteiger partial charge in [-0.1, -0.05) is 63.1 Å². The number of nitrogens with zero attached hydrogens (tertiary/aromatic N) is 2. The minimum absolute atomic E-state index is 0.305. The number of hydrogen-bond acceptors (Lipinski definition) is 3. The summed E-state index contributed by atoms with van der Waals surface area (Å²) in [4.78, 5) is 42.4. The van der Waals surface area contributed by atoms with Crippen LogP contribution in [-0.2, 0) is 22.4 Å². The van der Waals surface area contributed by atoms with E-state index >= 15 is 0 Å². The van der Waals surface area contributed by atoms with Crippen molar-refractivity contribution >= 4 is 29.2 Å². The summed E-state index contributed by atoms with van der Waals surface area (Å²) in [7, 11) is 0. The van der Waals surface area contributed by atoms with Crippen molar-refractivity contribution in [2.45, 2.75) is 65.8 Å². The first kappa shape index (κ1) is 23.5. The molecule has 0 aliphatic carbocycles. The Bertz CT molecular complexity index is 993. The van der Waals surface area contributed by atoms with Crippen LogP contribution in [0.2, 0.25) is 0 Å². The molecular weight excluding hydrogens is 402 g/mol. The van der Waals surface area contributed by atoms with Gasteiger partial charge >= 0.3 is 6.03 Å². The Labute approximate surface area is 190 Å². The molecule has 1 aliphatic rings. The summed E-state index contributed by atoms with van der Waals surface area (Å²) in [6.45, 7) is 9.51. The zero-order valence-electron chi connectivity index (χ0n) is 19.7. The third kappa shape index (κ3) is 4.27. The van der Waals surface area contributed by atoms with Gasteiger partial charge in [0.05, 0.1) is 0 Å². The highest BCUT2D eigenvalue weighted by atomic mass is 16.2. The van der Waals surface area contributed by atoms with Crippen LogP contribution in [0.25, 0.3) is 0 Å². The molecule has 1 aliphatic heterocycles. The molecule has 4 amide bonds. The van der Waals surface area contributed by atoms with Crippen molar-refractivity contribution in [3.8, 4) is 0 Å². The standard InChI is InChI=1S/C26H33N3O3/c1-6-16-26(5)24(31)28(25(32)29(26)21-14-12-18(4)13-15-21)17-22(30)27-23-19(7-2)10-9-11-20(23)8-3/h9-15H,6-8,16-17H2,1-5H3,(H,27,30). The number of rotatable bonds is 8. The molecule has 2 aromatic carbocycles. The van der Waals surface area contributed by atoms with Crippen molar-refractivity contribution in [2.75, 3.05) is 16.8 Å². The molecule has 1 N–H and O–H groups in total. The molecule has 1 unspecified atom stereocenters. The fraction of sp³-hybridized carbons (Fsp3) is 0.423. The molecule has 0 bridgehead atoms. The highest BCUT2D eigenvalue weighted by molar-refractivity contribution is 6.18. The average molecular weight is 436 g/mol. The number of benzene rings is 2. The molecule has 1 fully saturated rings. The topological polar surface area (TPSA) is 69.7 Å². The molecule has 0 saturated carbocycles. The minimum atomic E-state index is -1.02. The summed E-state index contributed by atoms with van der Waals surface area (Å²) in [5.74, 6) is -0.702. The lowest BCUT2D eigenvalue weighted by atomic mass is 9.93. The van der Waals surface area contributed by atoms with E-state index in [-0.39, 0.29) is 18.4 Å². The van der Waals surface area contributed by atoms with Crippen LogP contribution >= 0.6 is 0 Å². The highest BCUT2D eigenvalue weighted by Crippen LogP contribution is 2.36. The zero-order chi connectivity index (χ0) is 23.5. The van der Waals surface area contributed by atoms with Gasteiger partial charge in [-0.15, -0.1) is 0 Å². The van der Waals surface area contributed by atoms with Crippen LogP contribution in [0, 0.1) is 6.92 Å². The van der Waals surface area contributed by atoms with Gasteiger partial charge in [0.15, 0.2) is 0 Å². The van der Waals surface area contributed by atoms with Gasteiger partial charge in [0, 0.05) is 11.4 Å². The molecule has 1 atom stereocenters. The van der Waals surface area contributed by atoms with E-state index in [1.165, 1.54) is 0 Å². The van der Waals surface area contributed by atoms with E-state index in [0.717, 1.165) is 46.5 Å². The van der Waals surface area contributed by atoms with Gasteiger partial charge in [0.2, 0.25) is 5.91 Å². The van der Waals surface area contributed by atoms with Crippen molar-refractivity contribution in [3.05, 3.63) is 59.2 Å². The lowest BCUT2D eigenvalue weighted by Gasteiger charge is -2.31. The molecule has 0 radical (unpaired) electrons. The van der Waals surface area contributed by atoms with Gasteiger partial charge in [-0.3, -0.25) is 19.4 Å². The largest absolute Gasteiger partial charge is 0.332 e. The predicted molar refractivity (Wildman–Crippen MR) is 128 cm³/mol. The molecule has 2 aromatic rings. The first-order valence-corrected chi connectivity index (χ1v) is 11.4. The zero-order valence-corrected chi connectivity index (χ0v) is 19.7. The Kier molecular flexibility index (Phi) is 7.02. The lowest BCUT2D eigenvalue weighted by molar-refractivity contribution is -0.133. The molecule has 32 heavy (non-hydrogen) atoms. The van der Waals surface area contributed by atoms with E-state index in [2.05, 4.69) is 5.32 Å². The predicted octanol–water partition coefficient (Wildman–Crippen LogP) is 5.09. The van der Waals surface area contributed by atoms with Crippen LogP contribution in [-0.4, -0.2) is 34.8 Å². The van der Waals surface area contributed by atoms with Crippen LogP contribution in [0.15, 0.2) is 42.5 Å². The maximum Gasteiger partial charge on any atom is 0.332 e. The smallest absolute Gasteiger partial charge is 0.324 e. The Morgan fingerprint density at radius 1 is 0.969 bits per heavy atom. The third-order valence-electron chi connectivity index (χ3n) is 6.22. The molecule has 170 valence electrons. The van der Waals surface area contributed by atoms with Crippen LogP contribution < -0.4 is 10.2 Å². The number of nitrogens with one attached hydrogen (secondary N) is 1. The second-order valence-corrected chi connectivity index (χ2v) is 8.58. The summed E-state index contributed by atoms with van der Waals surface area (Å²) in [6, 6.07) is 13.0. The molecule has 1 saturated heterocycles. The van der Waals surface area contributed by atoms with Crippen LogP contribution in [0.1, 0.15) is 57.2 Å². The van der Waals surface area contributed by atoms with Crippen molar-refractivity contribution in [3.63, 3.8) is 0 Å². The monoisotopic (exact) mass is 435 g/mol. The van der Waals surface area contributed by atoms with Crippen LogP contribution in [0.3, 0.4) is 0 Å². The summed E-state index contributed by atoms with van der Waals surface area (Å²) in [5, 5.41) is 2.97. The number of carbonyl (C=O) groups excluding carboxylic acids is 3. The molecule has 6 nitrogen and oxygen atoms in total. The van der Waals surface area contributed by atoms with Gasteiger partial charge in [-0.25, -0.2) is 4.79 Å². The summed E-state index contributed by atoms with van der Waals surface area (Å²) in [6.07, 6.45) is 2.81. The average Bonchev–Trinajstić information content (AvgIpc) is 2.95. The number of hydrogen-bond donors (Lipinski definition) is 1. The Hall–Kier alpha value is -3.15. The fourth-order valence-electron chi connectivity index (χ4n) is 4.46. The van der Waals surface area contributed by atoms with Crippen molar-refractivity contribution in [1.29, 1.82) is 0 Å². The van der Waals surface area contributed by atoms with Crippen molar-refractivity contribution in [2.24, 2.45) is 0 Å². The number of carbonyl (C=O) groups is 3. The third-order valence-corrected chi connectivity index (χ3v) is 6.22. The molecule has 0 spiro atoms. The quantitative estimate of drug-likeness (QED) is 0.588. The molecule has 3 rings (SSSR count). The highest BCUT2D eigenvalue weighted by Gasteiger charge is 2.54. The van der Waals surface area contributed by atoms with Gasteiger partial charge in [-0.2, -0.15) is 0 Å². The van der Waals surface area contributed by atoms with Gasteiger partial charge in [0.25, 0.3) is 5.91 Å². The van der Waals surface area contributed by atoms with Gasteiger partial charge < -0.3 is 5.32 Å². The first-order chi connectivity index (χ1) is 15.3. The van der Waals surface area contributed by atoms with E-state index < -0.39 is 11.6 Å². The maximum absolute atomic E-state index is 13.4. The van der Waals surface area contributed by atoms with Crippen LogP contribution in [0.5, 0.6) is 0 Å².